The van der Waals surface area contributed by atoms with Crippen LogP contribution in [-0.2, 0) is 18.3 Å². The number of rotatable bonds is 9. The smallest absolute Gasteiger partial charge is 0.356 e. The minimum absolute atomic E-state index is 0.0446. The van der Waals surface area contributed by atoms with E-state index in [1.165, 1.54) is 18.7 Å². The summed E-state index contributed by atoms with van der Waals surface area (Å²) in [5.74, 6) is -0.464. The van der Waals surface area contributed by atoms with Crippen LogP contribution in [0.1, 0.15) is 26.3 Å². The number of hydrogen-bond acceptors (Lipinski definition) is 9. The zero-order chi connectivity index (χ0) is 20.4. The molecule has 2 heterocycles. The molecule has 1 aliphatic rings. The van der Waals surface area contributed by atoms with Gasteiger partial charge in [-0.25, -0.2) is 19.3 Å². The lowest BCUT2D eigenvalue weighted by Crippen LogP contribution is -2.37. The number of ether oxygens (including phenoxy) is 1. The zero-order valence-corrected chi connectivity index (χ0v) is 16.5. The molecule has 28 heavy (non-hydrogen) atoms. The molecule has 1 aliphatic carbocycles. The molecule has 3 N–H and O–H groups in total. The van der Waals surface area contributed by atoms with Gasteiger partial charge in [0.15, 0.2) is 11.5 Å². The third-order valence-corrected chi connectivity index (χ3v) is 6.21. The van der Waals surface area contributed by atoms with Crippen LogP contribution in [0, 0.1) is 0 Å². The summed E-state index contributed by atoms with van der Waals surface area (Å²) in [6, 6.07) is -0.537. The van der Waals surface area contributed by atoms with Crippen molar-refractivity contribution in [2.75, 3.05) is 31.9 Å². The van der Waals surface area contributed by atoms with Gasteiger partial charge in [-0.05, 0) is 19.9 Å². The molecule has 0 aromatic carbocycles. The molecule has 10 nitrogen and oxygen atoms in total. The molecular formula is C16H23FN5O5P. The maximum Gasteiger partial charge on any atom is 0.356 e. The van der Waals surface area contributed by atoms with Crippen molar-refractivity contribution in [3.8, 4) is 0 Å². The average molecular weight is 415 g/mol. The van der Waals surface area contributed by atoms with Crippen molar-refractivity contribution in [3.63, 3.8) is 0 Å². The monoisotopic (exact) mass is 415 g/mol. The summed E-state index contributed by atoms with van der Waals surface area (Å²) in [5, 5.41) is 9.87. The molecule has 2 aromatic heterocycles. The van der Waals surface area contributed by atoms with E-state index in [-0.39, 0.29) is 25.5 Å². The maximum atomic E-state index is 14.8. The third kappa shape index (κ3) is 3.81. The number of allylic oxidation sites excluding steroid dienone is 1. The van der Waals surface area contributed by atoms with Gasteiger partial charge in [-0.15, -0.1) is 0 Å². The zero-order valence-electron chi connectivity index (χ0n) is 15.6. The molecule has 154 valence electrons. The van der Waals surface area contributed by atoms with E-state index < -0.39 is 38.0 Å². The van der Waals surface area contributed by atoms with Crippen molar-refractivity contribution >= 4 is 24.6 Å². The lowest BCUT2D eigenvalue weighted by Gasteiger charge is -2.29. The predicted molar refractivity (Wildman–Crippen MR) is 99.2 cm³/mol. The van der Waals surface area contributed by atoms with Crippen LogP contribution in [0.2, 0.25) is 0 Å². The molecule has 0 saturated carbocycles. The minimum atomic E-state index is -3.56. The molecule has 0 bridgehead atoms. The van der Waals surface area contributed by atoms with Gasteiger partial charge in [-0.1, -0.05) is 0 Å². The van der Waals surface area contributed by atoms with Crippen LogP contribution in [0.25, 0.3) is 11.2 Å². The molecule has 0 amide bonds. The molecule has 0 fully saturated rings. The van der Waals surface area contributed by atoms with E-state index in [1.54, 1.807) is 18.4 Å². The Morgan fingerprint density at radius 2 is 2.07 bits per heavy atom. The number of nitrogen functional groups attached to an aromatic ring is 1. The van der Waals surface area contributed by atoms with Crippen LogP contribution in [0.3, 0.4) is 0 Å². The standard InChI is InChI=1S/C16H23FN5O5P/c1-3-26-28(24,27-4-2)10-25-16(7-23)6-11(5-12(16)17)22-9-21-13-14(18)19-8-20-15(13)22/h5,8-9,11,23H,3-4,6-7,10H2,1-2H3,(H2,18,19,20). The molecule has 2 atom stereocenters. The van der Waals surface area contributed by atoms with Gasteiger partial charge in [0, 0.05) is 6.42 Å². The van der Waals surface area contributed by atoms with E-state index in [0.717, 1.165) is 0 Å². The topological polar surface area (TPSA) is 135 Å². The van der Waals surface area contributed by atoms with E-state index in [2.05, 4.69) is 15.0 Å². The van der Waals surface area contributed by atoms with Crippen molar-refractivity contribution < 1.29 is 27.8 Å². The molecular weight excluding hydrogens is 392 g/mol. The van der Waals surface area contributed by atoms with Crippen LogP contribution in [0.4, 0.5) is 10.2 Å². The number of anilines is 1. The average Bonchev–Trinajstić information content (AvgIpc) is 3.23. The van der Waals surface area contributed by atoms with Gasteiger partial charge >= 0.3 is 7.60 Å². The highest BCUT2D eigenvalue weighted by atomic mass is 31.2. The number of nitrogens with two attached hydrogens (primary N) is 1. The lowest BCUT2D eigenvalue weighted by atomic mass is 10.0. The molecule has 0 spiro atoms. The molecule has 2 aromatic rings. The van der Waals surface area contributed by atoms with Crippen molar-refractivity contribution in [2.45, 2.75) is 31.9 Å². The minimum Gasteiger partial charge on any atom is -0.393 e. The van der Waals surface area contributed by atoms with Gasteiger partial charge in [0.25, 0.3) is 0 Å². The first-order valence-electron chi connectivity index (χ1n) is 8.81. The summed E-state index contributed by atoms with van der Waals surface area (Å²) in [6.45, 7) is 2.98. The number of aliphatic hydroxyl groups is 1. The Morgan fingerprint density at radius 3 is 2.71 bits per heavy atom. The summed E-state index contributed by atoms with van der Waals surface area (Å²) < 4.78 is 45.0. The van der Waals surface area contributed by atoms with Gasteiger partial charge in [-0.2, -0.15) is 0 Å². The van der Waals surface area contributed by atoms with E-state index in [4.69, 9.17) is 19.5 Å². The van der Waals surface area contributed by atoms with Crippen LogP contribution in [-0.4, -0.2) is 56.4 Å². The number of aromatic nitrogens is 4. The largest absolute Gasteiger partial charge is 0.393 e. The number of aliphatic hydroxyl groups excluding tert-OH is 1. The first-order chi connectivity index (χ1) is 13.4. The Balaban J connectivity index is 1.83. The molecule has 0 saturated heterocycles. The lowest BCUT2D eigenvalue weighted by molar-refractivity contribution is -0.0555. The summed E-state index contributed by atoms with van der Waals surface area (Å²) in [4.78, 5) is 12.2. The van der Waals surface area contributed by atoms with Crippen LogP contribution < -0.4 is 5.73 Å². The first kappa shape index (κ1) is 20.8. The fourth-order valence-corrected chi connectivity index (χ4v) is 4.54. The molecule has 0 radical (unpaired) electrons. The second kappa shape index (κ2) is 8.22. The van der Waals surface area contributed by atoms with Gasteiger partial charge in [-0.3, -0.25) is 4.57 Å². The predicted octanol–water partition coefficient (Wildman–Crippen LogP) is 2.18. The van der Waals surface area contributed by atoms with Gasteiger partial charge in [0.1, 0.15) is 29.6 Å². The molecule has 3 rings (SSSR count). The number of hydrogen-bond donors (Lipinski definition) is 2. The first-order valence-corrected chi connectivity index (χ1v) is 10.5. The van der Waals surface area contributed by atoms with Crippen molar-refractivity contribution in [3.05, 3.63) is 24.6 Å². The van der Waals surface area contributed by atoms with Crippen LogP contribution >= 0.6 is 7.60 Å². The van der Waals surface area contributed by atoms with Crippen LogP contribution in [0.5, 0.6) is 0 Å². The van der Waals surface area contributed by atoms with Gasteiger partial charge in [0.2, 0.25) is 0 Å². The second-order valence-corrected chi connectivity index (χ2v) is 8.24. The quantitative estimate of drug-likeness (QED) is 0.591. The number of imidazole rings is 1. The molecule has 2 unspecified atom stereocenters. The highest BCUT2D eigenvalue weighted by molar-refractivity contribution is 7.53. The maximum absolute atomic E-state index is 14.8. The summed E-state index contributed by atoms with van der Waals surface area (Å²) in [7, 11) is -3.56. The fourth-order valence-electron chi connectivity index (χ4n) is 3.13. The summed E-state index contributed by atoms with van der Waals surface area (Å²) in [5.41, 5.74) is 4.96. The highest BCUT2D eigenvalue weighted by Crippen LogP contribution is 2.51. The number of halogens is 1. The normalized spacial score (nSPS) is 22.7. The van der Waals surface area contributed by atoms with Crippen molar-refractivity contribution in [1.29, 1.82) is 0 Å². The summed E-state index contributed by atoms with van der Waals surface area (Å²) in [6.07, 6.45) is 3.64. The third-order valence-electron chi connectivity index (χ3n) is 4.46. The van der Waals surface area contributed by atoms with E-state index in [9.17, 15) is 14.1 Å². The van der Waals surface area contributed by atoms with Gasteiger partial charge in [0.05, 0.1) is 32.2 Å². The Morgan fingerprint density at radius 1 is 1.36 bits per heavy atom. The molecule has 12 heteroatoms. The Hall–Kier alpha value is -1.91. The fraction of sp³-hybridized carbons (Fsp3) is 0.562. The summed E-state index contributed by atoms with van der Waals surface area (Å²) >= 11 is 0. The van der Waals surface area contributed by atoms with Gasteiger partial charge < -0.3 is 29.2 Å². The van der Waals surface area contributed by atoms with E-state index in [1.807, 2.05) is 0 Å². The highest BCUT2D eigenvalue weighted by Gasteiger charge is 2.46. The van der Waals surface area contributed by atoms with E-state index in [0.29, 0.717) is 11.2 Å². The Kier molecular flexibility index (Phi) is 6.11. The van der Waals surface area contributed by atoms with Crippen molar-refractivity contribution in [2.24, 2.45) is 0 Å². The molecule has 0 aliphatic heterocycles. The number of fused-ring (bicyclic) bond motifs is 1. The van der Waals surface area contributed by atoms with E-state index >= 15 is 0 Å². The van der Waals surface area contributed by atoms with Crippen molar-refractivity contribution in [1.82, 2.24) is 19.5 Å². The number of nitrogens with zero attached hydrogens (tertiary/aromatic N) is 4. The Labute approximate surface area is 161 Å². The SMILES string of the molecule is CCOP(=O)(COC1(CO)CC(n2cnc3c(N)ncnc32)C=C1F)OCC. The van der Waals surface area contributed by atoms with Crippen LogP contribution in [0.15, 0.2) is 24.6 Å². The Bertz CT molecular complexity index is 912. The second-order valence-electron chi connectivity index (χ2n) is 6.24.